The van der Waals surface area contributed by atoms with Gasteiger partial charge in [0.1, 0.15) is 5.75 Å². The van der Waals surface area contributed by atoms with Crippen molar-refractivity contribution < 1.29 is 9.47 Å². The molecule has 0 aromatic heterocycles. The van der Waals surface area contributed by atoms with Crippen LogP contribution in [0.15, 0.2) is 53.5 Å². The van der Waals surface area contributed by atoms with Crippen molar-refractivity contribution in [1.82, 2.24) is 15.5 Å². The summed E-state index contributed by atoms with van der Waals surface area (Å²) in [6, 6.07) is 16.8. The van der Waals surface area contributed by atoms with Gasteiger partial charge in [-0.3, -0.25) is 9.89 Å². The number of hydrogen-bond donors (Lipinski definition) is 2. The second-order valence-electron chi connectivity index (χ2n) is 6.80. The van der Waals surface area contributed by atoms with Crippen molar-refractivity contribution in [3.05, 3.63) is 65.2 Å². The summed E-state index contributed by atoms with van der Waals surface area (Å²) in [6.45, 7) is 6.06. The van der Waals surface area contributed by atoms with Gasteiger partial charge in [0.25, 0.3) is 0 Å². The average molecular weight is 510 g/mol. The van der Waals surface area contributed by atoms with Crippen molar-refractivity contribution in [2.45, 2.75) is 19.6 Å². The Bertz CT molecular complexity index is 762. The molecule has 1 saturated heterocycles. The lowest BCUT2D eigenvalue weighted by atomic mass is 10.1. The summed E-state index contributed by atoms with van der Waals surface area (Å²) in [5.74, 6) is 1.64. The molecule has 3 rings (SSSR count). The molecule has 0 aliphatic carbocycles. The standard InChI is InChI=1S/C22H30N4O2.HI/c1-23-22(25-16-20-5-3-4-6-21(20)27-2)24-15-18-7-9-19(10-8-18)17-26-11-13-28-14-12-26;/h3-10H,11-17H2,1-2H3,(H2,23,24,25);1H. The van der Waals surface area contributed by atoms with Crippen LogP contribution in [0.5, 0.6) is 5.75 Å². The van der Waals surface area contributed by atoms with E-state index < -0.39 is 0 Å². The maximum absolute atomic E-state index is 5.41. The number of para-hydroxylation sites is 1. The minimum atomic E-state index is 0. The average Bonchev–Trinajstić information content (AvgIpc) is 2.76. The third kappa shape index (κ3) is 7.49. The van der Waals surface area contributed by atoms with Gasteiger partial charge in [0.2, 0.25) is 0 Å². The number of morpholine rings is 1. The van der Waals surface area contributed by atoms with Gasteiger partial charge in [0.15, 0.2) is 5.96 Å². The fraction of sp³-hybridized carbons (Fsp3) is 0.409. The summed E-state index contributed by atoms with van der Waals surface area (Å²) < 4.78 is 10.8. The first-order valence-corrected chi connectivity index (χ1v) is 9.73. The molecule has 0 bridgehead atoms. The number of guanidine groups is 1. The molecule has 1 heterocycles. The van der Waals surface area contributed by atoms with E-state index in [4.69, 9.17) is 9.47 Å². The van der Waals surface area contributed by atoms with Gasteiger partial charge in [-0.25, -0.2) is 0 Å². The van der Waals surface area contributed by atoms with Crippen molar-refractivity contribution in [3.63, 3.8) is 0 Å². The highest BCUT2D eigenvalue weighted by atomic mass is 127. The number of halogens is 1. The van der Waals surface area contributed by atoms with Crippen molar-refractivity contribution in [1.29, 1.82) is 0 Å². The number of benzene rings is 2. The molecular weight excluding hydrogens is 479 g/mol. The fourth-order valence-electron chi connectivity index (χ4n) is 3.21. The molecule has 0 amide bonds. The third-order valence-electron chi connectivity index (χ3n) is 4.86. The van der Waals surface area contributed by atoms with E-state index >= 15 is 0 Å². The Kier molecular flexibility index (Phi) is 10.2. The predicted molar refractivity (Wildman–Crippen MR) is 128 cm³/mol. The van der Waals surface area contributed by atoms with Crippen molar-refractivity contribution in [2.75, 3.05) is 40.5 Å². The maximum atomic E-state index is 5.41. The molecular formula is C22H31IN4O2. The Hall–Kier alpha value is -1.84. The molecule has 2 N–H and O–H groups in total. The molecule has 0 saturated carbocycles. The third-order valence-corrected chi connectivity index (χ3v) is 4.86. The van der Waals surface area contributed by atoms with Gasteiger partial charge in [-0.1, -0.05) is 42.5 Å². The lowest BCUT2D eigenvalue weighted by Gasteiger charge is -2.26. The zero-order valence-electron chi connectivity index (χ0n) is 17.2. The van der Waals surface area contributed by atoms with E-state index in [2.05, 4.69) is 44.8 Å². The molecule has 1 fully saturated rings. The molecule has 1 aliphatic rings. The number of rotatable bonds is 7. The van der Waals surface area contributed by atoms with Gasteiger partial charge in [0, 0.05) is 45.3 Å². The molecule has 2 aromatic rings. The van der Waals surface area contributed by atoms with Gasteiger partial charge in [-0.2, -0.15) is 0 Å². The maximum Gasteiger partial charge on any atom is 0.191 e. The Morgan fingerprint density at radius 2 is 1.66 bits per heavy atom. The van der Waals surface area contributed by atoms with Crippen molar-refractivity contribution in [3.8, 4) is 5.75 Å². The number of nitrogens with zero attached hydrogens (tertiary/aromatic N) is 2. The highest BCUT2D eigenvalue weighted by Crippen LogP contribution is 2.16. The second kappa shape index (κ2) is 12.7. The molecule has 0 atom stereocenters. The lowest BCUT2D eigenvalue weighted by Crippen LogP contribution is -2.36. The van der Waals surface area contributed by atoms with Gasteiger partial charge in [-0.05, 0) is 17.2 Å². The number of ether oxygens (including phenoxy) is 2. The van der Waals surface area contributed by atoms with Crippen molar-refractivity contribution >= 4 is 29.9 Å². The lowest BCUT2D eigenvalue weighted by molar-refractivity contribution is 0.0342. The van der Waals surface area contributed by atoms with Crippen LogP contribution in [0.1, 0.15) is 16.7 Å². The minimum absolute atomic E-state index is 0. The molecule has 2 aromatic carbocycles. The molecule has 0 radical (unpaired) electrons. The topological polar surface area (TPSA) is 58.1 Å². The molecule has 0 spiro atoms. The largest absolute Gasteiger partial charge is 0.496 e. The summed E-state index contributed by atoms with van der Waals surface area (Å²) >= 11 is 0. The summed E-state index contributed by atoms with van der Waals surface area (Å²) in [5.41, 5.74) is 3.66. The van der Waals surface area contributed by atoms with Crippen LogP contribution >= 0.6 is 24.0 Å². The zero-order chi connectivity index (χ0) is 19.6. The van der Waals surface area contributed by atoms with E-state index in [0.717, 1.165) is 56.7 Å². The molecule has 7 heteroatoms. The van der Waals surface area contributed by atoms with Crippen LogP contribution in [-0.2, 0) is 24.4 Å². The number of aliphatic imine (C=N–C) groups is 1. The number of nitrogens with one attached hydrogen (secondary N) is 2. The van der Waals surface area contributed by atoms with Gasteiger partial charge < -0.3 is 20.1 Å². The van der Waals surface area contributed by atoms with Gasteiger partial charge >= 0.3 is 0 Å². The number of methoxy groups -OCH3 is 1. The van der Waals surface area contributed by atoms with Crippen LogP contribution in [0.25, 0.3) is 0 Å². The van der Waals surface area contributed by atoms with Crippen LogP contribution in [0.3, 0.4) is 0 Å². The first kappa shape index (κ1) is 23.4. The SMILES string of the molecule is CN=C(NCc1ccc(CN2CCOCC2)cc1)NCc1ccccc1OC.I. The molecule has 29 heavy (non-hydrogen) atoms. The van der Waals surface area contributed by atoms with Crippen LogP contribution in [0.2, 0.25) is 0 Å². The first-order chi connectivity index (χ1) is 13.8. The summed E-state index contributed by atoms with van der Waals surface area (Å²) in [5, 5.41) is 6.70. The predicted octanol–water partition coefficient (Wildman–Crippen LogP) is 3.01. The Labute approximate surface area is 190 Å². The van der Waals surface area contributed by atoms with E-state index in [-0.39, 0.29) is 24.0 Å². The Morgan fingerprint density at radius 3 is 2.34 bits per heavy atom. The first-order valence-electron chi connectivity index (χ1n) is 9.73. The summed E-state index contributed by atoms with van der Waals surface area (Å²) in [4.78, 5) is 6.73. The van der Waals surface area contributed by atoms with E-state index in [0.29, 0.717) is 6.54 Å². The molecule has 6 nitrogen and oxygen atoms in total. The van der Waals surface area contributed by atoms with Crippen LogP contribution < -0.4 is 15.4 Å². The van der Waals surface area contributed by atoms with Crippen LogP contribution in [0.4, 0.5) is 0 Å². The molecule has 158 valence electrons. The monoisotopic (exact) mass is 510 g/mol. The summed E-state index contributed by atoms with van der Waals surface area (Å²) in [6.07, 6.45) is 0. The summed E-state index contributed by atoms with van der Waals surface area (Å²) in [7, 11) is 3.47. The fourth-order valence-corrected chi connectivity index (χ4v) is 3.21. The normalized spacial score (nSPS) is 14.8. The Morgan fingerprint density at radius 1 is 1.00 bits per heavy atom. The number of hydrogen-bond acceptors (Lipinski definition) is 4. The van der Waals surface area contributed by atoms with Crippen molar-refractivity contribution in [2.24, 2.45) is 4.99 Å². The zero-order valence-corrected chi connectivity index (χ0v) is 19.5. The van der Waals surface area contributed by atoms with E-state index in [9.17, 15) is 0 Å². The van der Waals surface area contributed by atoms with E-state index in [1.54, 1.807) is 14.2 Å². The molecule has 1 aliphatic heterocycles. The second-order valence-corrected chi connectivity index (χ2v) is 6.80. The van der Waals surface area contributed by atoms with Gasteiger partial charge in [0.05, 0.1) is 20.3 Å². The Balaban J connectivity index is 0.00000300. The molecule has 0 unspecified atom stereocenters. The highest BCUT2D eigenvalue weighted by molar-refractivity contribution is 14.0. The van der Waals surface area contributed by atoms with Crippen LogP contribution in [-0.4, -0.2) is 51.3 Å². The van der Waals surface area contributed by atoms with Gasteiger partial charge in [-0.15, -0.1) is 24.0 Å². The quantitative estimate of drug-likeness (QED) is 0.341. The van der Waals surface area contributed by atoms with E-state index in [1.807, 2.05) is 24.3 Å². The van der Waals surface area contributed by atoms with E-state index in [1.165, 1.54) is 11.1 Å². The smallest absolute Gasteiger partial charge is 0.191 e. The highest BCUT2D eigenvalue weighted by Gasteiger charge is 2.10. The minimum Gasteiger partial charge on any atom is -0.496 e. The van der Waals surface area contributed by atoms with Crippen LogP contribution in [0, 0.1) is 0 Å².